The highest BCUT2D eigenvalue weighted by atomic mass is 35.5. The molecular formula is C22H24ClFN2O2. The first-order valence-corrected chi connectivity index (χ1v) is 10.2. The molecule has 4 rings (SSSR count). The van der Waals surface area contributed by atoms with E-state index in [0.29, 0.717) is 13.2 Å². The zero-order chi connectivity index (χ0) is 19.5. The van der Waals surface area contributed by atoms with Gasteiger partial charge in [-0.25, -0.2) is 4.39 Å². The van der Waals surface area contributed by atoms with Gasteiger partial charge in [0.15, 0.2) is 0 Å². The Labute approximate surface area is 169 Å². The Morgan fingerprint density at radius 2 is 1.86 bits per heavy atom. The minimum Gasteiger partial charge on any atom is -0.373 e. The number of carbonyl (C=O) groups excluding carboxylic acids is 1. The zero-order valence-electron chi connectivity index (χ0n) is 15.7. The fourth-order valence-corrected chi connectivity index (χ4v) is 4.39. The number of benzene rings is 2. The smallest absolute Gasteiger partial charge is 0.256 e. The predicted molar refractivity (Wildman–Crippen MR) is 107 cm³/mol. The van der Waals surface area contributed by atoms with Gasteiger partial charge in [0.05, 0.1) is 29.3 Å². The molecule has 0 spiro atoms. The minimum atomic E-state index is -0.467. The highest BCUT2D eigenvalue weighted by Gasteiger charge is 2.38. The van der Waals surface area contributed by atoms with Crippen molar-refractivity contribution in [2.24, 2.45) is 0 Å². The zero-order valence-corrected chi connectivity index (χ0v) is 16.4. The van der Waals surface area contributed by atoms with Crippen LogP contribution in [-0.4, -0.2) is 54.6 Å². The number of ether oxygens (including phenoxy) is 1. The molecular weight excluding hydrogens is 379 g/mol. The molecule has 1 amide bonds. The van der Waals surface area contributed by atoms with E-state index in [9.17, 15) is 9.18 Å². The summed E-state index contributed by atoms with van der Waals surface area (Å²) in [5, 5.41) is 0.265. The molecule has 0 unspecified atom stereocenters. The molecule has 148 valence electrons. The van der Waals surface area contributed by atoms with E-state index in [4.69, 9.17) is 16.3 Å². The summed E-state index contributed by atoms with van der Waals surface area (Å²) in [4.78, 5) is 17.5. The third-order valence-corrected chi connectivity index (χ3v) is 5.88. The van der Waals surface area contributed by atoms with Gasteiger partial charge in [-0.1, -0.05) is 41.9 Å². The molecule has 6 heteroatoms. The van der Waals surface area contributed by atoms with Crippen molar-refractivity contribution in [1.82, 2.24) is 9.80 Å². The summed E-state index contributed by atoms with van der Waals surface area (Å²) in [5.41, 5.74) is 1.22. The lowest BCUT2D eigenvalue weighted by Gasteiger charge is -2.43. The maximum Gasteiger partial charge on any atom is 0.256 e. The van der Waals surface area contributed by atoms with Crippen LogP contribution >= 0.6 is 11.6 Å². The standard InChI is InChI=1S/C22H24ClFN2O2/c23-19-9-8-17(24)14-18(19)22(27)26-12-13-28-20(15-25-10-4-5-11-25)21(26)16-6-2-1-3-7-16/h1-3,6-9,14,20-21H,4-5,10-13,15H2/t20-,21-/m0/s1. The number of hydrogen-bond acceptors (Lipinski definition) is 3. The number of halogens is 2. The van der Waals surface area contributed by atoms with Crippen molar-refractivity contribution in [2.45, 2.75) is 25.0 Å². The largest absolute Gasteiger partial charge is 0.373 e. The van der Waals surface area contributed by atoms with E-state index < -0.39 is 5.82 Å². The topological polar surface area (TPSA) is 32.8 Å². The van der Waals surface area contributed by atoms with Crippen LogP contribution in [0, 0.1) is 5.82 Å². The monoisotopic (exact) mass is 402 g/mol. The molecule has 2 atom stereocenters. The summed E-state index contributed by atoms with van der Waals surface area (Å²) in [5.74, 6) is -0.723. The van der Waals surface area contributed by atoms with E-state index in [-0.39, 0.29) is 28.6 Å². The van der Waals surface area contributed by atoms with Crippen molar-refractivity contribution in [3.8, 4) is 0 Å². The fraction of sp³-hybridized carbons (Fsp3) is 0.409. The molecule has 2 aliphatic heterocycles. The molecule has 2 aliphatic rings. The van der Waals surface area contributed by atoms with Gasteiger partial charge in [0.1, 0.15) is 5.82 Å². The second kappa shape index (κ2) is 8.60. The second-order valence-electron chi connectivity index (χ2n) is 7.40. The Bertz CT molecular complexity index is 827. The van der Waals surface area contributed by atoms with E-state index in [1.165, 1.54) is 31.0 Å². The number of amides is 1. The van der Waals surface area contributed by atoms with Crippen molar-refractivity contribution >= 4 is 17.5 Å². The molecule has 0 N–H and O–H groups in total. The summed E-state index contributed by atoms with van der Waals surface area (Å²) >= 11 is 6.22. The first kappa shape index (κ1) is 19.4. The average Bonchev–Trinajstić information content (AvgIpc) is 3.23. The molecule has 0 saturated carbocycles. The molecule has 0 aromatic heterocycles. The van der Waals surface area contributed by atoms with E-state index in [1.54, 1.807) is 4.90 Å². The lowest BCUT2D eigenvalue weighted by Crippen LogP contribution is -2.51. The highest BCUT2D eigenvalue weighted by molar-refractivity contribution is 6.33. The number of likely N-dealkylation sites (tertiary alicyclic amines) is 1. The molecule has 2 saturated heterocycles. The van der Waals surface area contributed by atoms with E-state index in [0.717, 1.165) is 25.2 Å². The molecule has 0 radical (unpaired) electrons. The number of carbonyl (C=O) groups is 1. The lowest BCUT2D eigenvalue weighted by molar-refractivity contribution is -0.0707. The van der Waals surface area contributed by atoms with Crippen LogP contribution in [0.2, 0.25) is 5.02 Å². The third kappa shape index (κ3) is 4.07. The molecule has 0 aliphatic carbocycles. The SMILES string of the molecule is O=C(c1cc(F)ccc1Cl)N1CCO[C@@H](CN2CCCC2)[C@@H]1c1ccccc1. The molecule has 2 aromatic rings. The maximum absolute atomic E-state index is 13.8. The maximum atomic E-state index is 13.8. The van der Waals surface area contributed by atoms with Gasteiger partial charge in [0, 0.05) is 13.1 Å². The van der Waals surface area contributed by atoms with Gasteiger partial charge in [-0.3, -0.25) is 4.79 Å². The number of rotatable bonds is 4. The van der Waals surface area contributed by atoms with E-state index in [1.807, 2.05) is 30.3 Å². The summed E-state index contributed by atoms with van der Waals surface area (Å²) in [7, 11) is 0. The molecule has 0 bridgehead atoms. The van der Waals surface area contributed by atoms with Gasteiger partial charge < -0.3 is 14.5 Å². The Hall–Kier alpha value is -1.95. The fourth-order valence-electron chi connectivity index (χ4n) is 4.19. The van der Waals surface area contributed by atoms with E-state index in [2.05, 4.69) is 4.90 Å². The van der Waals surface area contributed by atoms with Crippen LogP contribution in [0.1, 0.15) is 34.8 Å². The van der Waals surface area contributed by atoms with Crippen molar-refractivity contribution in [3.63, 3.8) is 0 Å². The first-order chi connectivity index (χ1) is 13.6. The van der Waals surface area contributed by atoms with Crippen LogP contribution in [0.25, 0.3) is 0 Å². The van der Waals surface area contributed by atoms with Crippen molar-refractivity contribution in [2.75, 3.05) is 32.8 Å². The van der Waals surface area contributed by atoms with Crippen LogP contribution in [-0.2, 0) is 4.74 Å². The van der Waals surface area contributed by atoms with Crippen LogP contribution in [0.4, 0.5) is 4.39 Å². The lowest BCUT2D eigenvalue weighted by atomic mass is 9.96. The number of hydrogen-bond donors (Lipinski definition) is 0. The van der Waals surface area contributed by atoms with Crippen molar-refractivity contribution in [3.05, 3.63) is 70.5 Å². The van der Waals surface area contributed by atoms with Gasteiger partial charge >= 0.3 is 0 Å². The summed E-state index contributed by atoms with van der Waals surface area (Å²) < 4.78 is 19.9. The van der Waals surface area contributed by atoms with Crippen molar-refractivity contribution in [1.29, 1.82) is 0 Å². The molecule has 4 nitrogen and oxygen atoms in total. The first-order valence-electron chi connectivity index (χ1n) is 9.78. The van der Waals surface area contributed by atoms with Crippen LogP contribution in [0.3, 0.4) is 0 Å². The normalized spacial score (nSPS) is 23.1. The molecule has 28 heavy (non-hydrogen) atoms. The van der Waals surface area contributed by atoms with Crippen LogP contribution in [0.5, 0.6) is 0 Å². The van der Waals surface area contributed by atoms with Gasteiger partial charge in [-0.05, 0) is 49.7 Å². The molecule has 2 aromatic carbocycles. The van der Waals surface area contributed by atoms with Crippen molar-refractivity contribution < 1.29 is 13.9 Å². The van der Waals surface area contributed by atoms with Gasteiger partial charge in [-0.15, -0.1) is 0 Å². The van der Waals surface area contributed by atoms with Gasteiger partial charge in [0.2, 0.25) is 0 Å². The Morgan fingerprint density at radius 3 is 2.61 bits per heavy atom. The van der Waals surface area contributed by atoms with Crippen LogP contribution in [0.15, 0.2) is 48.5 Å². The number of nitrogens with zero attached hydrogens (tertiary/aromatic N) is 2. The Morgan fingerprint density at radius 1 is 1.11 bits per heavy atom. The van der Waals surface area contributed by atoms with Crippen LogP contribution < -0.4 is 0 Å². The minimum absolute atomic E-state index is 0.134. The Kier molecular flexibility index (Phi) is 5.95. The molecule has 2 heterocycles. The summed E-state index contributed by atoms with van der Waals surface area (Å²) in [6.45, 7) is 3.80. The third-order valence-electron chi connectivity index (χ3n) is 5.55. The average molecular weight is 403 g/mol. The second-order valence-corrected chi connectivity index (χ2v) is 7.80. The Balaban J connectivity index is 1.67. The quantitative estimate of drug-likeness (QED) is 0.769. The summed E-state index contributed by atoms with van der Waals surface area (Å²) in [6, 6.07) is 13.6. The van der Waals surface area contributed by atoms with E-state index >= 15 is 0 Å². The predicted octanol–water partition coefficient (Wildman–Crippen LogP) is 4.16. The summed E-state index contributed by atoms with van der Waals surface area (Å²) in [6.07, 6.45) is 2.26. The highest BCUT2D eigenvalue weighted by Crippen LogP contribution is 2.33. The van der Waals surface area contributed by atoms with Gasteiger partial charge in [0.25, 0.3) is 5.91 Å². The number of morpholine rings is 1. The van der Waals surface area contributed by atoms with Gasteiger partial charge in [-0.2, -0.15) is 0 Å². The molecule has 2 fully saturated rings.